The molecule has 4 N–H and O–H groups in total. The van der Waals surface area contributed by atoms with Gasteiger partial charge >= 0.3 is 0 Å². The van der Waals surface area contributed by atoms with E-state index in [1.165, 1.54) is 18.4 Å². The van der Waals surface area contributed by atoms with E-state index in [0.717, 1.165) is 4.88 Å². The van der Waals surface area contributed by atoms with Gasteiger partial charge in [0, 0.05) is 19.0 Å². The van der Waals surface area contributed by atoms with Gasteiger partial charge in [-0.25, -0.2) is 15.0 Å². The van der Waals surface area contributed by atoms with Gasteiger partial charge in [0.15, 0.2) is 17.0 Å². The lowest BCUT2D eigenvalue weighted by Gasteiger charge is -2.23. The molecule has 2 aliphatic rings. The van der Waals surface area contributed by atoms with E-state index in [9.17, 15) is 15.0 Å². The summed E-state index contributed by atoms with van der Waals surface area (Å²) in [5.41, 5.74) is 0.0356. The monoisotopic (exact) mass is 486 g/mol. The molecule has 33 heavy (non-hydrogen) atoms. The SMILES string of the molecule is CNC(=O)C12CC1[C@@H](n1cnc3c(NC(C)C)nc(C#Cc4ccc(Cl)s4)nc31)[C@H](O)[C@@H]2O. The Morgan fingerprint density at radius 1 is 1.33 bits per heavy atom. The van der Waals surface area contributed by atoms with Crippen molar-refractivity contribution in [2.45, 2.75) is 44.6 Å². The number of aliphatic hydroxyl groups is 2. The first-order chi connectivity index (χ1) is 15.8. The molecule has 11 heteroatoms. The highest BCUT2D eigenvalue weighted by atomic mass is 35.5. The molecule has 0 radical (unpaired) electrons. The predicted octanol–water partition coefficient (Wildman–Crippen LogP) is 1.79. The van der Waals surface area contributed by atoms with Crippen LogP contribution in [0.5, 0.6) is 0 Å². The molecule has 1 amide bonds. The van der Waals surface area contributed by atoms with Crippen molar-refractivity contribution in [1.29, 1.82) is 0 Å². The number of thiophene rings is 1. The third kappa shape index (κ3) is 3.47. The van der Waals surface area contributed by atoms with E-state index in [0.29, 0.717) is 33.6 Å². The number of anilines is 1. The molecule has 0 aromatic carbocycles. The summed E-state index contributed by atoms with van der Waals surface area (Å²) in [6.07, 6.45) is -0.219. The number of nitrogens with one attached hydrogen (secondary N) is 2. The quantitative estimate of drug-likeness (QED) is 0.414. The second kappa shape index (κ2) is 7.95. The van der Waals surface area contributed by atoms with Crippen LogP contribution in [0, 0.1) is 23.2 Å². The fourth-order valence-corrected chi connectivity index (χ4v) is 5.75. The van der Waals surface area contributed by atoms with Gasteiger partial charge in [-0.2, -0.15) is 0 Å². The van der Waals surface area contributed by atoms with Crippen molar-refractivity contribution < 1.29 is 15.0 Å². The van der Waals surface area contributed by atoms with Gasteiger partial charge in [0.05, 0.1) is 33.1 Å². The summed E-state index contributed by atoms with van der Waals surface area (Å²) in [6, 6.07) is 3.16. The number of aromatic nitrogens is 4. The minimum atomic E-state index is -1.16. The molecule has 0 saturated heterocycles. The number of hydrogen-bond donors (Lipinski definition) is 4. The molecule has 5 rings (SSSR count). The molecule has 2 saturated carbocycles. The predicted molar refractivity (Wildman–Crippen MR) is 125 cm³/mol. The molecule has 3 aromatic heterocycles. The maximum atomic E-state index is 12.5. The largest absolute Gasteiger partial charge is 0.389 e. The number of carbonyl (C=O) groups excluding carboxylic acids is 1. The first-order valence-electron chi connectivity index (χ1n) is 10.6. The summed E-state index contributed by atoms with van der Waals surface area (Å²) in [6.45, 7) is 3.98. The van der Waals surface area contributed by atoms with Crippen LogP contribution in [0.3, 0.4) is 0 Å². The van der Waals surface area contributed by atoms with Crippen LogP contribution in [0.15, 0.2) is 18.5 Å². The third-order valence-corrected chi connectivity index (χ3v) is 7.51. The van der Waals surface area contributed by atoms with Crippen molar-refractivity contribution in [3.8, 4) is 11.8 Å². The number of carbonyl (C=O) groups is 1. The van der Waals surface area contributed by atoms with E-state index in [2.05, 4.69) is 37.4 Å². The third-order valence-electron chi connectivity index (χ3n) is 6.36. The zero-order valence-electron chi connectivity index (χ0n) is 18.2. The molecule has 2 unspecified atom stereocenters. The summed E-state index contributed by atoms with van der Waals surface area (Å²) in [7, 11) is 1.54. The van der Waals surface area contributed by atoms with Crippen molar-refractivity contribution in [3.63, 3.8) is 0 Å². The standard InChI is InChI=1S/C22H23ClN6O3S/c1-10(2)26-19-15-20(28-14(27-19)7-5-11-4-6-13(23)33-11)29(9-25-15)16-12-8-22(12,21(32)24-3)18(31)17(16)30/h4,6,9-10,12,16-18,30-31H,8H2,1-3H3,(H,24,32)(H,26,27,28)/t12?,16-,17+,18+,22?/m1/s1. The number of imidazole rings is 1. The summed E-state index contributed by atoms with van der Waals surface area (Å²) < 4.78 is 2.39. The number of rotatable bonds is 4. The number of fused-ring (bicyclic) bond motifs is 2. The van der Waals surface area contributed by atoms with Gasteiger partial charge in [0.2, 0.25) is 11.7 Å². The number of amides is 1. The molecule has 0 bridgehead atoms. The molecular formula is C22H23ClN6O3S. The highest BCUT2D eigenvalue weighted by Gasteiger charge is 2.75. The van der Waals surface area contributed by atoms with Crippen LogP contribution >= 0.6 is 22.9 Å². The second-order valence-corrected chi connectivity index (χ2v) is 10.4. The van der Waals surface area contributed by atoms with Crippen LogP contribution in [0.4, 0.5) is 5.82 Å². The Hall–Kier alpha value is -2.71. The number of halogens is 1. The maximum Gasteiger partial charge on any atom is 0.229 e. The summed E-state index contributed by atoms with van der Waals surface area (Å²) in [4.78, 5) is 27.0. The highest BCUT2D eigenvalue weighted by Crippen LogP contribution is 2.67. The fourth-order valence-electron chi connectivity index (χ4n) is 4.85. The minimum Gasteiger partial charge on any atom is -0.389 e. The van der Waals surface area contributed by atoms with Gasteiger partial charge in [0.25, 0.3) is 0 Å². The Bertz CT molecular complexity index is 1310. The molecule has 3 aromatic rings. The lowest BCUT2D eigenvalue weighted by molar-refractivity contribution is -0.132. The Kier molecular flexibility index (Phi) is 5.33. The summed E-state index contributed by atoms with van der Waals surface area (Å²) in [5.74, 6) is 6.35. The fraction of sp³-hybridized carbons (Fsp3) is 0.455. The van der Waals surface area contributed by atoms with Crippen molar-refractivity contribution in [1.82, 2.24) is 24.8 Å². The van der Waals surface area contributed by atoms with Gasteiger partial charge < -0.3 is 25.4 Å². The molecule has 0 spiro atoms. The van der Waals surface area contributed by atoms with Crippen LogP contribution in [-0.2, 0) is 4.79 Å². The van der Waals surface area contributed by atoms with E-state index in [1.54, 1.807) is 17.0 Å². The maximum absolute atomic E-state index is 12.5. The molecule has 9 nitrogen and oxygen atoms in total. The molecule has 2 aliphatic carbocycles. The Morgan fingerprint density at radius 2 is 2.12 bits per heavy atom. The van der Waals surface area contributed by atoms with Crippen LogP contribution in [0.25, 0.3) is 11.2 Å². The van der Waals surface area contributed by atoms with Crippen LogP contribution < -0.4 is 10.6 Å². The van der Waals surface area contributed by atoms with Crippen LogP contribution in [0.2, 0.25) is 4.34 Å². The van der Waals surface area contributed by atoms with Crippen molar-refractivity contribution in [2.24, 2.45) is 11.3 Å². The van der Waals surface area contributed by atoms with Gasteiger partial charge in [-0.05, 0) is 44.2 Å². The molecule has 0 aliphatic heterocycles. The van der Waals surface area contributed by atoms with Gasteiger partial charge in [0.1, 0.15) is 6.10 Å². The normalized spacial score (nSPS) is 27.8. The minimum absolute atomic E-state index is 0.0911. The Morgan fingerprint density at radius 3 is 2.79 bits per heavy atom. The van der Waals surface area contributed by atoms with Gasteiger partial charge in [-0.3, -0.25) is 4.79 Å². The van der Waals surface area contributed by atoms with Crippen molar-refractivity contribution >= 4 is 45.8 Å². The average Bonchev–Trinajstić information content (AvgIpc) is 3.03. The highest BCUT2D eigenvalue weighted by molar-refractivity contribution is 7.16. The lowest BCUT2D eigenvalue weighted by Crippen LogP contribution is -2.41. The molecular weight excluding hydrogens is 464 g/mol. The topological polar surface area (TPSA) is 125 Å². The zero-order valence-corrected chi connectivity index (χ0v) is 19.8. The van der Waals surface area contributed by atoms with E-state index in [-0.39, 0.29) is 17.9 Å². The van der Waals surface area contributed by atoms with Gasteiger partial charge in [-0.15, -0.1) is 11.3 Å². The zero-order chi connectivity index (χ0) is 23.5. The van der Waals surface area contributed by atoms with Crippen LogP contribution in [0.1, 0.15) is 37.0 Å². The second-order valence-electron chi connectivity index (χ2n) is 8.73. The van der Waals surface area contributed by atoms with E-state index >= 15 is 0 Å². The lowest BCUT2D eigenvalue weighted by atomic mass is 9.98. The molecule has 3 heterocycles. The first kappa shape index (κ1) is 22.1. The summed E-state index contributed by atoms with van der Waals surface area (Å²) >= 11 is 7.36. The first-order valence-corrected chi connectivity index (χ1v) is 11.8. The van der Waals surface area contributed by atoms with Gasteiger partial charge in [-0.1, -0.05) is 11.6 Å². The van der Waals surface area contributed by atoms with E-state index < -0.39 is 23.7 Å². The molecule has 172 valence electrons. The van der Waals surface area contributed by atoms with Crippen molar-refractivity contribution in [3.05, 3.63) is 33.5 Å². The van der Waals surface area contributed by atoms with E-state index in [1.807, 2.05) is 19.9 Å². The smallest absolute Gasteiger partial charge is 0.229 e. The van der Waals surface area contributed by atoms with E-state index in [4.69, 9.17) is 11.6 Å². The Labute approximate surface area is 199 Å². The molecule has 2 fully saturated rings. The number of hydrogen-bond acceptors (Lipinski definition) is 8. The Balaban J connectivity index is 1.60. The number of nitrogens with zero attached hydrogens (tertiary/aromatic N) is 4. The molecule has 5 atom stereocenters. The average molecular weight is 487 g/mol. The summed E-state index contributed by atoms with van der Waals surface area (Å²) in [5, 5.41) is 27.5. The number of aliphatic hydroxyl groups excluding tert-OH is 2. The van der Waals surface area contributed by atoms with Crippen molar-refractivity contribution in [2.75, 3.05) is 12.4 Å². The van der Waals surface area contributed by atoms with Crippen LogP contribution in [-0.4, -0.2) is 60.9 Å².